The van der Waals surface area contributed by atoms with Gasteiger partial charge in [-0.05, 0) is 44.0 Å². The summed E-state index contributed by atoms with van der Waals surface area (Å²) in [7, 11) is -3.70. The average molecular weight is 398 g/mol. The van der Waals surface area contributed by atoms with E-state index in [-0.39, 0.29) is 16.8 Å². The molecule has 28 heavy (non-hydrogen) atoms. The fourth-order valence-corrected chi connectivity index (χ4v) is 5.29. The topological polar surface area (TPSA) is 79.6 Å². The molecule has 0 unspecified atom stereocenters. The summed E-state index contributed by atoms with van der Waals surface area (Å²) in [6.45, 7) is 2.18. The van der Waals surface area contributed by atoms with Crippen molar-refractivity contribution >= 4 is 26.9 Å². The summed E-state index contributed by atoms with van der Waals surface area (Å²) in [4.78, 5) is 13.1. The normalized spacial score (nSPS) is 19.0. The molecule has 0 radical (unpaired) electrons. The number of hydrogen-bond donors (Lipinski definition) is 1. The Balaban J connectivity index is 1.52. The Morgan fingerprint density at radius 3 is 2.61 bits per heavy atom. The first-order valence-electron chi connectivity index (χ1n) is 9.32. The van der Waals surface area contributed by atoms with Crippen LogP contribution >= 0.6 is 0 Å². The molecular formula is C21H22N2O4S. The zero-order valence-electron chi connectivity index (χ0n) is 15.5. The quantitative estimate of drug-likeness (QED) is 0.714. The van der Waals surface area contributed by atoms with Crippen molar-refractivity contribution in [2.24, 2.45) is 0 Å². The molecule has 3 aromatic rings. The van der Waals surface area contributed by atoms with Gasteiger partial charge in [0.25, 0.3) is 0 Å². The minimum Gasteiger partial charge on any atom is -0.459 e. The van der Waals surface area contributed by atoms with Crippen molar-refractivity contribution < 1.29 is 17.6 Å². The number of nitrogens with zero attached hydrogens (tertiary/aromatic N) is 1. The highest BCUT2D eigenvalue weighted by molar-refractivity contribution is 7.89. The number of fused-ring (bicyclic) bond motifs is 1. The lowest BCUT2D eigenvalue weighted by Crippen LogP contribution is -2.46. The summed E-state index contributed by atoms with van der Waals surface area (Å²) >= 11 is 0. The van der Waals surface area contributed by atoms with E-state index < -0.39 is 16.1 Å². The highest BCUT2D eigenvalue weighted by Gasteiger charge is 2.39. The van der Waals surface area contributed by atoms with Crippen molar-refractivity contribution in [3.63, 3.8) is 0 Å². The molecule has 0 aliphatic carbocycles. The third kappa shape index (κ3) is 3.43. The van der Waals surface area contributed by atoms with Crippen LogP contribution in [0.15, 0.2) is 70.0 Å². The fourth-order valence-electron chi connectivity index (χ4n) is 3.61. The van der Waals surface area contributed by atoms with Gasteiger partial charge in [-0.1, -0.05) is 36.4 Å². The third-order valence-electron chi connectivity index (χ3n) is 5.09. The highest BCUT2D eigenvalue weighted by atomic mass is 32.2. The summed E-state index contributed by atoms with van der Waals surface area (Å²) in [5, 5.41) is 3.88. The number of para-hydroxylation sites is 1. The van der Waals surface area contributed by atoms with E-state index in [0.717, 1.165) is 11.0 Å². The van der Waals surface area contributed by atoms with Crippen LogP contribution in [-0.2, 0) is 14.8 Å². The molecule has 1 saturated heterocycles. The second-order valence-electron chi connectivity index (χ2n) is 7.00. The second kappa shape index (κ2) is 7.41. The van der Waals surface area contributed by atoms with Gasteiger partial charge in [0.2, 0.25) is 15.9 Å². The monoisotopic (exact) mass is 398 g/mol. The minimum atomic E-state index is -3.70. The van der Waals surface area contributed by atoms with Gasteiger partial charge in [0.1, 0.15) is 17.4 Å². The number of rotatable bonds is 5. The molecule has 2 heterocycles. The van der Waals surface area contributed by atoms with Crippen molar-refractivity contribution in [2.75, 3.05) is 6.54 Å². The summed E-state index contributed by atoms with van der Waals surface area (Å²) in [5.74, 6) is 0.343. The standard InChI is InChI=1S/C21H22N2O4S/c1-15(20-14-16-8-5-6-12-19(16)27-20)22-21(24)18-11-7-13-23(18)28(25,26)17-9-3-2-4-10-17/h2-6,8-10,12,14-15,18H,7,11,13H2,1H3,(H,22,24)/t15-,18+/m1/s1. The first kappa shape index (κ1) is 18.7. The van der Waals surface area contributed by atoms with Crippen LogP contribution in [0.2, 0.25) is 0 Å². The Labute approximate surface area is 164 Å². The maximum absolute atomic E-state index is 12.9. The van der Waals surface area contributed by atoms with Crippen LogP contribution in [0.4, 0.5) is 0 Å². The van der Waals surface area contributed by atoms with Gasteiger partial charge in [0.15, 0.2) is 0 Å². The number of benzene rings is 2. The number of carbonyl (C=O) groups is 1. The maximum Gasteiger partial charge on any atom is 0.243 e. The number of amides is 1. The first-order valence-corrected chi connectivity index (χ1v) is 10.8. The summed E-state index contributed by atoms with van der Waals surface area (Å²) in [6, 6.07) is 16.7. The summed E-state index contributed by atoms with van der Waals surface area (Å²) < 4.78 is 33.0. The molecule has 1 fully saturated rings. The van der Waals surface area contributed by atoms with E-state index in [9.17, 15) is 13.2 Å². The van der Waals surface area contributed by atoms with Crippen molar-refractivity contribution in [1.29, 1.82) is 0 Å². The van der Waals surface area contributed by atoms with Crippen molar-refractivity contribution in [2.45, 2.75) is 36.7 Å². The molecule has 0 bridgehead atoms. The number of carbonyl (C=O) groups excluding carboxylic acids is 1. The molecule has 2 atom stereocenters. The van der Waals surface area contributed by atoms with E-state index in [4.69, 9.17) is 4.42 Å². The fraction of sp³-hybridized carbons (Fsp3) is 0.286. The van der Waals surface area contributed by atoms with Crippen LogP contribution in [0.25, 0.3) is 11.0 Å². The summed E-state index contributed by atoms with van der Waals surface area (Å²) in [5.41, 5.74) is 0.757. The van der Waals surface area contributed by atoms with Gasteiger partial charge < -0.3 is 9.73 Å². The number of nitrogens with one attached hydrogen (secondary N) is 1. The van der Waals surface area contributed by atoms with Gasteiger partial charge in [-0.2, -0.15) is 4.31 Å². The molecule has 1 amide bonds. The third-order valence-corrected chi connectivity index (χ3v) is 7.01. The van der Waals surface area contributed by atoms with E-state index >= 15 is 0 Å². The van der Waals surface area contributed by atoms with Crippen molar-refractivity contribution in [1.82, 2.24) is 9.62 Å². The highest BCUT2D eigenvalue weighted by Crippen LogP contribution is 2.28. The Kier molecular flexibility index (Phi) is 4.95. The SMILES string of the molecule is C[C@@H](NC(=O)[C@@H]1CCCN1S(=O)(=O)c1ccccc1)c1cc2ccccc2o1. The molecule has 4 rings (SSSR count). The van der Waals surface area contributed by atoms with Crippen LogP contribution in [0.3, 0.4) is 0 Å². The Morgan fingerprint density at radius 1 is 1.14 bits per heavy atom. The van der Waals surface area contributed by atoms with Gasteiger partial charge in [-0.25, -0.2) is 8.42 Å². The Bertz CT molecular complexity index is 1060. The Morgan fingerprint density at radius 2 is 1.86 bits per heavy atom. The van der Waals surface area contributed by atoms with E-state index in [1.165, 1.54) is 4.31 Å². The molecular weight excluding hydrogens is 376 g/mol. The lowest BCUT2D eigenvalue weighted by molar-refractivity contribution is -0.125. The Hall–Kier alpha value is -2.64. The van der Waals surface area contributed by atoms with Gasteiger partial charge in [-0.3, -0.25) is 4.79 Å². The number of sulfonamides is 1. The molecule has 1 aliphatic heterocycles. The summed E-state index contributed by atoms with van der Waals surface area (Å²) in [6.07, 6.45) is 1.16. The van der Waals surface area contributed by atoms with Crippen molar-refractivity contribution in [3.05, 3.63) is 66.4 Å². The lowest BCUT2D eigenvalue weighted by Gasteiger charge is -2.24. The molecule has 0 saturated carbocycles. The zero-order chi connectivity index (χ0) is 19.7. The van der Waals surface area contributed by atoms with Gasteiger partial charge >= 0.3 is 0 Å². The van der Waals surface area contributed by atoms with Crippen LogP contribution in [0, 0.1) is 0 Å². The van der Waals surface area contributed by atoms with Crippen LogP contribution in [0.1, 0.15) is 31.6 Å². The molecule has 0 spiro atoms. The van der Waals surface area contributed by atoms with Crippen LogP contribution < -0.4 is 5.32 Å². The number of hydrogen-bond acceptors (Lipinski definition) is 4. The van der Waals surface area contributed by atoms with Crippen LogP contribution in [0.5, 0.6) is 0 Å². The predicted octanol–water partition coefficient (Wildman–Crippen LogP) is 3.46. The second-order valence-corrected chi connectivity index (χ2v) is 8.89. The molecule has 1 N–H and O–H groups in total. The average Bonchev–Trinajstić information content (AvgIpc) is 3.36. The van der Waals surface area contributed by atoms with E-state index in [2.05, 4.69) is 5.32 Å². The minimum absolute atomic E-state index is 0.208. The zero-order valence-corrected chi connectivity index (χ0v) is 16.4. The van der Waals surface area contributed by atoms with Crippen LogP contribution in [-0.4, -0.2) is 31.2 Å². The van der Waals surface area contributed by atoms with Gasteiger partial charge in [-0.15, -0.1) is 0 Å². The van der Waals surface area contributed by atoms with E-state index in [1.807, 2.05) is 37.3 Å². The van der Waals surface area contributed by atoms with E-state index in [0.29, 0.717) is 25.1 Å². The molecule has 1 aliphatic rings. The van der Waals surface area contributed by atoms with Crippen molar-refractivity contribution in [3.8, 4) is 0 Å². The molecule has 2 aromatic carbocycles. The predicted molar refractivity (Wildman–Crippen MR) is 106 cm³/mol. The van der Waals surface area contributed by atoms with Gasteiger partial charge in [0.05, 0.1) is 10.9 Å². The molecule has 146 valence electrons. The maximum atomic E-state index is 12.9. The van der Waals surface area contributed by atoms with Gasteiger partial charge in [0, 0.05) is 11.9 Å². The number of furan rings is 1. The smallest absolute Gasteiger partial charge is 0.243 e. The molecule has 6 nitrogen and oxygen atoms in total. The lowest BCUT2D eigenvalue weighted by atomic mass is 10.2. The largest absolute Gasteiger partial charge is 0.459 e. The van der Waals surface area contributed by atoms with E-state index in [1.54, 1.807) is 30.3 Å². The molecule has 1 aromatic heterocycles. The first-order chi connectivity index (χ1) is 13.5. The molecule has 7 heteroatoms.